The van der Waals surface area contributed by atoms with Gasteiger partial charge in [-0.2, -0.15) is 0 Å². The number of hydrogen-bond acceptors (Lipinski definition) is 5. The Morgan fingerprint density at radius 3 is 2.31 bits per heavy atom. The van der Waals surface area contributed by atoms with Crippen LogP contribution in [-0.2, 0) is 11.2 Å². The SMILES string of the molecule is O=C(Cc1ccc(-n2cccc2)cc1)NCCN1CCN(c2ncccn2)CC1. The summed E-state index contributed by atoms with van der Waals surface area (Å²) in [6.45, 7) is 5.26. The van der Waals surface area contributed by atoms with Crippen LogP contribution >= 0.6 is 0 Å². The molecule has 1 N–H and O–H groups in total. The first-order valence-electron chi connectivity index (χ1n) is 10.0. The van der Waals surface area contributed by atoms with Crippen LogP contribution in [0.2, 0.25) is 0 Å². The van der Waals surface area contributed by atoms with Crippen molar-refractivity contribution in [2.24, 2.45) is 0 Å². The van der Waals surface area contributed by atoms with Crippen LogP contribution in [0.1, 0.15) is 5.56 Å². The van der Waals surface area contributed by atoms with E-state index in [0.29, 0.717) is 13.0 Å². The van der Waals surface area contributed by atoms with E-state index < -0.39 is 0 Å². The molecule has 3 aromatic rings. The largest absolute Gasteiger partial charge is 0.355 e. The average Bonchev–Trinajstić information content (AvgIpc) is 3.30. The van der Waals surface area contributed by atoms with E-state index >= 15 is 0 Å². The number of amides is 1. The third kappa shape index (κ3) is 5.20. The molecule has 1 amide bonds. The summed E-state index contributed by atoms with van der Waals surface area (Å²) in [7, 11) is 0. The molecule has 1 saturated heterocycles. The lowest BCUT2D eigenvalue weighted by molar-refractivity contribution is -0.120. The van der Waals surface area contributed by atoms with Gasteiger partial charge in [-0.3, -0.25) is 9.69 Å². The minimum Gasteiger partial charge on any atom is -0.355 e. The topological polar surface area (TPSA) is 66.3 Å². The predicted octanol–water partition coefficient (Wildman–Crippen LogP) is 1.75. The van der Waals surface area contributed by atoms with Crippen LogP contribution in [0.3, 0.4) is 0 Å². The van der Waals surface area contributed by atoms with E-state index in [1.165, 1.54) is 0 Å². The van der Waals surface area contributed by atoms with Crippen LogP contribution in [0.25, 0.3) is 5.69 Å². The Bertz CT molecular complexity index is 887. The fourth-order valence-electron chi connectivity index (χ4n) is 3.52. The van der Waals surface area contributed by atoms with Gasteiger partial charge in [-0.1, -0.05) is 12.1 Å². The molecule has 1 fully saturated rings. The molecule has 2 aromatic heterocycles. The highest BCUT2D eigenvalue weighted by molar-refractivity contribution is 5.78. The number of piperazine rings is 1. The van der Waals surface area contributed by atoms with E-state index in [1.807, 2.05) is 59.4 Å². The van der Waals surface area contributed by atoms with Crippen molar-refractivity contribution in [3.8, 4) is 5.69 Å². The summed E-state index contributed by atoms with van der Waals surface area (Å²) >= 11 is 0. The zero-order valence-corrected chi connectivity index (χ0v) is 16.4. The highest BCUT2D eigenvalue weighted by Crippen LogP contribution is 2.11. The normalized spacial score (nSPS) is 14.7. The minimum absolute atomic E-state index is 0.0648. The molecule has 0 bridgehead atoms. The van der Waals surface area contributed by atoms with Crippen LogP contribution in [0, 0.1) is 0 Å². The molecule has 1 aromatic carbocycles. The van der Waals surface area contributed by atoms with Gasteiger partial charge in [0.15, 0.2) is 0 Å². The zero-order valence-electron chi connectivity index (χ0n) is 16.4. The molecule has 3 heterocycles. The van der Waals surface area contributed by atoms with Crippen LogP contribution in [-0.4, -0.2) is 64.6 Å². The molecular weight excluding hydrogens is 364 g/mol. The second-order valence-electron chi connectivity index (χ2n) is 7.16. The number of carbonyl (C=O) groups excluding carboxylic acids is 1. The van der Waals surface area contributed by atoms with Crippen molar-refractivity contribution in [3.05, 3.63) is 72.8 Å². The van der Waals surface area contributed by atoms with E-state index in [-0.39, 0.29) is 5.91 Å². The molecule has 7 nitrogen and oxygen atoms in total. The lowest BCUT2D eigenvalue weighted by atomic mass is 10.1. The van der Waals surface area contributed by atoms with E-state index in [9.17, 15) is 4.79 Å². The van der Waals surface area contributed by atoms with Gasteiger partial charge < -0.3 is 14.8 Å². The Morgan fingerprint density at radius 1 is 0.931 bits per heavy atom. The fraction of sp³-hybridized carbons (Fsp3) is 0.318. The predicted molar refractivity (Wildman–Crippen MR) is 113 cm³/mol. The van der Waals surface area contributed by atoms with Crippen molar-refractivity contribution in [2.75, 3.05) is 44.2 Å². The van der Waals surface area contributed by atoms with Crippen molar-refractivity contribution < 1.29 is 4.79 Å². The molecule has 0 saturated carbocycles. The smallest absolute Gasteiger partial charge is 0.225 e. The van der Waals surface area contributed by atoms with Crippen molar-refractivity contribution in [1.82, 2.24) is 24.8 Å². The number of nitrogens with zero attached hydrogens (tertiary/aromatic N) is 5. The molecule has 0 spiro atoms. The van der Waals surface area contributed by atoms with Gasteiger partial charge in [0.05, 0.1) is 6.42 Å². The molecule has 0 atom stereocenters. The third-order valence-corrected chi connectivity index (χ3v) is 5.16. The average molecular weight is 390 g/mol. The Kier molecular flexibility index (Phi) is 6.16. The van der Waals surface area contributed by atoms with Gasteiger partial charge in [0.1, 0.15) is 0 Å². The van der Waals surface area contributed by atoms with Crippen LogP contribution < -0.4 is 10.2 Å². The second kappa shape index (κ2) is 9.34. The number of anilines is 1. The van der Waals surface area contributed by atoms with E-state index in [4.69, 9.17) is 0 Å². The maximum absolute atomic E-state index is 12.2. The van der Waals surface area contributed by atoms with E-state index in [1.54, 1.807) is 12.4 Å². The first kappa shape index (κ1) is 19.1. The molecule has 0 radical (unpaired) electrons. The summed E-state index contributed by atoms with van der Waals surface area (Å²) in [6, 6.07) is 13.9. The van der Waals surface area contributed by atoms with Crippen LogP contribution in [0.15, 0.2) is 67.3 Å². The quantitative estimate of drug-likeness (QED) is 0.666. The van der Waals surface area contributed by atoms with E-state index in [0.717, 1.165) is 49.9 Å². The van der Waals surface area contributed by atoms with Gasteiger partial charge in [-0.05, 0) is 35.9 Å². The maximum atomic E-state index is 12.2. The standard InChI is InChI=1S/C22H26N6O/c29-21(18-19-4-6-20(7-5-19)27-11-1-2-12-27)23-10-13-26-14-16-28(17-15-26)22-24-8-3-9-25-22/h1-9,11-12H,10,13-18H2,(H,23,29). The van der Waals surface area contributed by atoms with Gasteiger partial charge in [-0.15, -0.1) is 0 Å². The summed E-state index contributed by atoms with van der Waals surface area (Å²) < 4.78 is 2.05. The van der Waals surface area contributed by atoms with Gasteiger partial charge in [-0.25, -0.2) is 9.97 Å². The number of aromatic nitrogens is 3. The maximum Gasteiger partial charge on any atom is 0.225 e. The van der Waals surface area contributed by atoms with Gasteiger partial charge in [0, 0.05) is 69.7 Å². The van der Waals surface area contributed by atoms with Gasteiger partial charge in [0.2, 0.25) is 11.9 Å². The molecule has 29 heavy (non-hydrogen) atoms. The highest BCUT2D eigenvalue weighted by Gasteiger charge is 2.18. The lowest BCUT2D eigenvalue weighted by Crippen LogP contribution is -2.49. The van der Waals surface area contributed by atoms with Gasteiger partial charge >= 0.3 is 0 Å². The first-order chi connectivity index (χ1) is 14.3. The molecule has 0 aliphatic carbocycles. The molecular formula is C22H26N6O. The Hall–Kier alpha value is -3.19. The fourth-order valence-corrected chi connectivity index (χ4v) is 3.52. The Morgan fingerprint density at radius 2 is 1.62 bits per heavy atom. The van der Waals surface area contributed by atoms with Crippen LogP contribution in [0.4, 0.5) is 5.95 Å². The van der Waals surface area contributed by atoms with Gasteiger partial charge in [0.25, 0.3) is 0 Å². The Balaban J connectivity index is 1.16. The number of rotatable bonds is 7. The van der Waals surface area contributed by atoms with Crippen molar-refractivity contribution in [1.29, 1.82) is 0 Å². The molecule has 7 heteroatoms. The monoisotopic (exact) mass is 390 g/mol. The second-order valence-corrected chi connectivity index (χ2v) is 7.16. The Labute approximate surface area is 171 Å². The lowest BCUT2D eigenvalue weighted by Gasteiger charge is -2.34. The molecule has 150 valence electrons. The summed E-state index contributed by atoms with van der Waals surface area (Å²) in [5, 5.41) is 3.04. The van der Waals surface area contributed by atoms with E-state index in [2.05, 4.69) is 25.1 Å². The molecule has 0 unspecified atom stereocenters. The van der Waals surface area contributed by atoms with Crippen molar-refractivity contribution >= 4 is 11.9 Å². The van der Waals surface area contributed by atoms with Crippen molar-refractivity contribution in [2.45, 2.75) is 6.42 Å². The highest BCUT2D eigenvalue weighted by atomic mass is 16.1. The summed E-state index contributed by atoms with van der Waals surface area (Å²) in [4.78, 5) is 25.4. The third-order valence-electron chi connectivity index (χ3n) is 5.16. The summed E-state index contributed by atoms with van der Waals surface area (Å²) in [6.07, 6.45) is 7.98. The number of hydrogen-bond donors (Lipinski definition) is 1. The first-order valence-corrected chi connectivity index (χ1v) is 10.0. The molecule has 1 aliphatic rings. The van der Waals surface area contributed by atoms with Crippen LogP contribution in [0.5, 0.6) is 0 Å². The van der Waals surface area contributed by atoms with Crippen molar-refractivity contribution in [3.63, 3.8) is 0 Å². The number of benzene rings is 1. The number of carbonyl (C=O) groups is 1. The summed E-state index contributed by atoms with van der Waals surface area (Å²) in [5.41, 5.74) is 2.12. The molecule has 1 aliphatic heterocycles. The summed E-state index contributed by atoms with van der Waals surface area (Å²) in [5.74, 6) is 0.860. The number of nitrogens with one attached hydrogen (secondary N) is 1. The zero-order chi connectivity index (χ0) is 19.9. The minimum atomic E-state index is 0.0648. The molecule has 4 rings (SSSR count).